The Balaban J connectivity index is 2.48. The molecule has 0 spiro atoms. The smallest absolute Gasteiger partial charge is 0.0849 e. The molecule has 3 heteroatoms. The molecule has 106 valence electrons. The highest BCUT2D eigenvalue weighted by Gasteiger charge is 2.41. The van der Waals surface area contributed by atoms with E-state index in [0.717, 1.165) is 18.4 Å². The van der Waals surface area contributed by atoms with Gasteiger partial charge in [0.25, 0.3) is 0 Å². The van der Waals surface area contributed by atoms with E-state index in [-0.39, 0.29) is 5.92 Å². The van der Waals surface area contributed by atoms with Crippen LogP contribution in [-0.4, -0.2) is 32.6 Å². The first-order chi connectivity index (χ1) is 8.05. The standard InChI is InChI=1S/C15H28O3/c1-10(6-7-13(16)14(3,4)17)12-8-9-15(5,18)11(12)2/h11-13,16-18H,1,6-9H2,2-5H3/t11-,12-,13+,15+/m1/s1. The summed E-state index contributed by atoms with van der Waals surface area (Å²) in [6.07, 6.45) is 2.27. The van der Waals surface area contributed by atoms with Gasteiger partial charge in [-0.2, -0.15) is 0 Å². The Labute approximate surface area is 111 Å². The van der Waals surface area contributed by atoms with Crippen molar-refractivity contribution in [3.8, 4) is 0 Å². The van der Waals surface area contributed by atoms with E-state index in [1.54, 1.807) is 13.8 Å². The molecule has 1 aliphatic rings. The molecule has 3 N–H and O–H groups in total. The van der Waals surface area contributed by atoms with Crippen molar-refractivity contribution >= 4 is 0 Å². The van der Waals surface area contributed by atoms with Crippen LogP contribution < -0.4 is 0 Å². The molecule has 3 nitrogen and oxygen atoms in total. The van der Waals surface area contributed by atoms with Gasteiger partial charge < -0.3 is 15.3 Å². The summed E-state index contributed by atoms with van der Waals surface area (Å²) in [5.74, 6) is 0.540. The van der Waals surface area contributed by atoms with Gasteiger partial charge in [0.1, 0.15) is 0 Å². The Hall–Kier alpha value is -0.380. The minimum atomic E-state index is -1.06. The van der Waals surface area contributed by atoms with Crippen molar-refractivity contribution in [3.63, 3.8) is 0 Å². The lowest BCUT2D eigenvalue weighted by molar-refractivity contribution is -0.0513. The summed E-state index contributed by atoms with van der Waals surface area (Å²) in [7, 11) is 0. The molecule has 4 atom stereocenters. The first kappa shape index (κ1) is 15.7. The van der Waals surface area contributed by atoms with Gasteiger partial charge in [-0.3, -0.25) is 0 Å². The van der Waals surface area contributed by atoms with Crippen LogP contribution in [0.3, 0.4) is 0 Å². The predicted octanol–water partition coefficient (Wildman–Crippen LogP) is 2.25. The second-order valence-electron chi connectivity index (χ2n) is 6.66. The zero-order chi connectivity index (χ0) is 14.1. The average Bonchev–Trinajstić information content (AvgIpc) is 2.49. The number of rotatable bonds is 5. The van der Waals surface area contributed by atoms with Crippen LogP contribution in [-0.2, 0) is 0 Å². The monoisotopic (exact) mass is 256 g/mol. The molecule has 1 rings (SSSR count). The molecule has 0 radical (unpaired) electrons. The summed E-state index contributed by atoms with van der Waals surface area (Å²) in [5.41, 5.74) is -0.571. The fourth-order valence-corrected chi connectivity index (χ4v) is 2.78. The highest BCUT2D eigenvalue weighted by Crippen LogP contribution is 2.44. The summed E-state index contributed by atoms with van der Waals surface area (Å²) in [5, 5.41) is 29.6. The van der Waals surface area contributed by atoms with Gasteiger partial charge in [-0.25, -0.2) is 0 Å². The zero-order valence-electron chi connectivity index (χ0n) is 12.1. The molecule has 0 aromatic rings. The molecule has 1 fully saturated rings. The van der Waals surface area contributed by atoms with E-state index in [9.17, 15) is 15.3 Å². The van der Waals surface area contributed by atoms with Crippen molar-refractivity contribution in [1.82, 2.24) is 0 Å². The van der Waals surface area contributed by atoms with Crippen molar-refractivity contribution < 1.29 is 15.3 Å². The molecule has 18 heavy (non-hydrogen) atoms. The van der Waals surface area contributed by atoms with Crippen LogP contribution in [0.4, 0.5) is 0 Å². The first-order valence-electron chi connectivity index (χ1n) is 6.86. The van der Waals surface area contributed by atoms with Gasteiger partial charge in [-0.15, -0.1) is 0 Å². The number of aliphatic hydroxyl groups is 3. The third-order valence-electron chi connectivity index (χ3n) is 4.62. The van der Waals surface area contributed by atoms with Crippen LogP contribution in [0.2, 0.25) is 0 Å². The Morgan fingerprint density at radius 3 is 2.44 bits per heavy atom. The quantitative estimate of drug-likeness (QED) is 0.661. The minimum absolute atomic E-state index is 0.212. The van der Waals surface area contributed by atoms with E-state index in [2.05, 4.69) is 13.5 Å². The Morgan fingerprint density at radius 1 is 1.50 bits per heavy atom. The first-order valence-corrected chi connectivity index (χ1v) is 6.86. The van der Waals surface area contributed by atoms with E-state index >= 15 is 0 Å². The van der Waals surface area contributed by atoms with Crippen LogP contribution in [0.1, 0.15) is 53.4 Å². The highest BCUT2D eigenvalue weighted by atomic mass is 16.3. The normalized spacial score (nSPS) is 34.6. The third-order valence-corrected chi connectivity index (χ3v) is 4.62. The fourth-order valence-electron chi connectivity index (χ4n) is 2.78. The van der Waals surface area contributed by atoms with Crippen LogP contribution in [0.5, 0.6) is 0 Å². The summed E-state index contributed by atoms with van der Waals surface area (Å²) in [4.78, 5) is 0. The van der Waals surface area contributed by atoms with E-state index in [1.165, 1.54) is 0 Å². The molecule has 0 aliphatic heterocycles. The van der Waals surface area contributed by atoms with Gasteiger partial charge in [0, 0.05) is 0 Å². The van der Waals surface area contributed by atoms with Crippen molar-refractivity contribution in [2.24, 2.45) is 11.8 Å². The molecule has 0 saturated heterocycles. The van der Waals surface area contributed by atoms with E-state index < -0.39 is 17.3 Å². The van der Waals surface area contributed by atoms with E-state index in [4.69, 9.17) is 0 Å². The maximum Gasteiger partial charge on any atom is 0.0849 e. The van der Waals surface area contributed by atoms with E-state index in [0.29, 0.717) is 18.8 Å². The SMILES string of the molecule is C=C(CC[C@H](O)C(C)(C)O)[C@H]1CC[C@](C)(O)[C@@H]1C. The van der Waals surface area contributed by atoms with Gasteiger partial charge in [0.15, 0.2) is 0 Å². The van der Waals surface area contributed by atoms with Crippen molar-refractivity contribution in [1.29, 1.82) is 0 Å². The summed E-state index contributed by atoms with van der Waals surface area (Å²) < 4.78 is 0. The van der Waals surface area contributed by atoms with Gasteiger partial charge in [-0.05, 0) is 58.3 Å². The average molecular weight is 256 g/mol. The lowest BCUT2D eigenvalue weighted by atomic mass is 9.82. The number of hydrogen-bond donors (Lipinski definition) is 3. The fraction of sp³-hybridized carbons (Fsp3) is 0.867. The lowest BCUT2D eigenvalue weighted by Gasteiger charge is -2.28. The maximum atomic E-state index is 10.2. The molecule has 0 heterocycles. The van der Waals surface area contributed by atoms with E-state index in [1.807, 2.05) is 6.92 Å². The van der Waals surface area contributed by atoms with Crippen LogP contribution in [0, 0.1) is 11.8 Å². The second-order valence-corrected chi connectivity index (χ2v) is 6.66. The molecule has 0 bridgehead atoms. The molecule has 1 saturated carbocycles. The van der Waals surface area contributed by atoms with Crippen molar-refractivity contribution in [2.45, 2.75) is 70.7 Å². The zero-order valence-corrected chi connectivity index (χ0v) is 12.1. The molecular formula is C15H28O3. The molecule has 0 aromatic heterocycles. The second kappa shape index (κ2) is 5.32. The highest BCUT2D eigenvalue weighted by molar-refractivity contribution is 5.09. The number of allylic oxidation sites excluding steroid dienone is 1. The lowest BCUT2D eigenvalue weighted by Crippen LogP contribution is -2.36. The Bertz CT molecular complexity index is 301. The van der Waals surface area contributed by atoms with Gasteiger partial charge in [-0.1, -0.05) is 19.1 Å². The number of aliphatic hydroxyl groups excluding tert-OH is 1. The van der Waals surface area contributed by atoms with Crippen LogP contribution in [0.15, 0.2) is 12.2 Å². The largest absolute Gasteiger partial charge is 0.390 e. The predicted molar refractivity (Wildman–Crippen MR) is 73.2 cm³/mol. The Morgan fingerprint density at radius 2 is 2.06 bits per heavy atom. The molecule has 1 aliphatic carbocycles. The summed E-state index contributed by atoms with van der Waals surface area (Å²) in [6, 6.07) is 0. The van der Waals surface area contributed by atoms with Crippen LogP contribution >= 0.6 is 0 Å². The van der Waals surface area contributed by atoms with Crippen LogP contribution in [0.25, 0.3) is 0 Å². The minimum Gasteiger partial charge on any atom is -0.390 e. The van der Waals surface area contributed by atoms with Crippen molar-refractivity contribution in [2.75, 3.05) is 0 Å². The van der Waals surface area contributed by atoms with Gasteiger partial charge in [0.2, 0.25) is 0 Å². The molecule has 0 aromatic carbocycles. The number of hydrogen-bond acceptors (Lipinski definition) is 3. The molecule has 0 unspecified atom stereocenters. The molecular weight excluding hydrogens is 228 g/mol. The Kier molecular flexibility index (Phi) is 4.63. The topological polar surface area (TPSA) is 60.7 Å². The third kappa shape index (κ3) is 3.56. The molecule has 0 amide bonds. The summed E-state index contributed by atoms with van der Waals surface area (Å²) in [6.45, 7) is 11.3. The summed E-state index contributed by atoms with van der Waals surface area (Å²) >= 11 is 0. The maximum absolute atomic E-state index is 10.2. The van der Waals surface area contributed by atoms with Gasteiger partial charge >= 0.3 is 0 Å². The van der Waals surface area contributed by atoms with Gasteiger partial charge in [0.05, 0.1) is 17.3 Å². The van der Waals surface area contributed by atoms with Crippen molar-refractivity contribution in [3.05, 3.63) is 12.2 Å².